The quantitative estimate of drug-likeness (QED) is 0.630. The largest absolute Gasteiger partial charge is 0.423 e. The molecule has 0 amide bonds. The third kappa shape index (κ3) is 2.62. The first-order chi connectivity index (χ1) is 7.66. The summed E-state index contributed by atoms with van der Waals surface area (Å²) in [5, 5.41) is 0. The molecule has 0 saturated heterocycles. The molecule has 1 heterocycles. The second-order valence-electron chi connectivity index (χ2n) is 2.95. The van der Waals surface area contributed by atoms with Crippen molar-refractivity contribution in [3.63, 3.8) is 0 Å². The summed E-state index contributed by atoms with van der Waals surface area (Å²) in [6.07, 6.45) is 3.37. The molecule has 2 N–H and O–H groups in total. The first-order valence-corrected chi connectivity index (χ1v) is 6.23. The Hall–Kier alpha value is -0.890. The van der Waals surface area contributed by atoms with Crippen molar-refractivity contribution in [2.75, 3.05) is 5.73 Å². The normalized spacial score (nSPS) is 10.1. The van der Waals surface area contributed by atoms with Crippen LogP contribution in [-0.4, -0.2) is 9.97 Å². The highest BCUT2D eigenvalue weighted by Gasteiger charge is 2.06. The molecule has 2 aromatic rings. The number of rotatable bonds is 2. The Kier molecular flexibility index (Phi) is 3.59. The van der Waals surface area contributed by atoms with Gasteiger partial charge in [0.25, 0.3) is 0 Å². The van der Waals surface area contributed by atoms with E-state index >= 15 is 0 Å². The molecule has 0 aliphatic heterocycles. The average molecular weight is 392 g/mol. The van der Waals surface area contributed by atoms with Crippen molar-refractivity contribution in [3.8, 4) is 11.8 Å². The topological polar surface area (TPSA) is 61.0 Å². The van der Waals surface area contributed by atoms with Crippen LogP contribution in [0.3, 0.4) is 0 Å². The minimum absolute atomic E-state index is 0.298. The summed E-state index contributed by atoms with van der Waals surface area (Å²) in [6, 6.07) is 5.68. The van der Waals surface area contributed by atoms with Gasteiger partial charge in [-0.15, -0.1) is 0 Å². The number of halogens is 2. The van der Waals surface area contributed by atoms with Gasteiger partial charge in [-0.3, -0.25) is 0 Å². The SMILES string of the molecule is Nc1cccc(Oc2ncc(I)cn2)c1Br. The zero-order valence-corrected chi connectivity index (χ0v) is 11.8. The van der Waals surface area contributed by atoms with Gasteiger partial charge in [0.1, 0.15) is 5.75 Å². The number of nitrogens with zero attached hydrogens (tertiary/aromatic N) is 2. The maximum absolute atomic E-state index is 5.73. The van der Waals surface area contributed by atoms with Crippen molar-refractivity contribution >= 4 is 44.2 Å². The van der Waals surface area contributed by atoms with Crippen molar-refractivity contribution in [2.24, 2.45) is 0 Å². The number of hydrogen-bond donors (Lipinski definition) is 1. The molecule has 6 heteroatoms. The van der Waals surface area contributed by atoms with E-state index in [9.17, 15) is 0 Å². The van der Waals surface area contributed by atoms with Crippen LogP contribution < -0.4 is 10.5 Å². The number of nitrogens with two attached hydrogens (primary N) is 1. The van der Waals surface area contributed by atoms with E-state index in [4.69, 9.17) is 10.5 Å². The maximum atomic E-state index is 5.73. The molecule has 0 radical (unpaired) electrons. The van der Waals surface area contributed by atoms with Crippen molar-refractivity contribution in [1.29, 1.82) is 0 Å². The van der Waals surface area contributed by atoms with Crippen LogP contribution in [0.2, 0.25) is 0 Å². The number of aromatic nitrogens is 2. The van der Waals surface area contributed by atoms with Gasteiger partial charge in [0.15, 0.2) is 0 Å². The molecule has 2 rings (SSSR count). The zero-order valence-electron chi connectivity index (χ0n) is 8.02. The van der Waals surface area contributed by atoms with Crippen LogP contribution in [0.1, 0.15) is 0 Å². The summed E-state index contributed by atoms with van der Waals surface area (Å²) in [5.41, 5.74) is 6.34. The lowest BCUT2D eigenvalue weighted by Gasteiger charge is -2.06. The number of ether oxygens (including phenoxy) is 1. The lowest BCUT2D eigenvalue weighted by Crippen LogP contribution is -1.94. The number of benzene rings is 1. The van der Waals surface area contributed by atoms with Gasteiger partial charge in [0, 0.05) is 21.7 Å². The molecule has 82 valence electrons. The molecular weight excluding hydrogens is 385 g/mol. The van der Waals surface area contributed by atoms with Gasteiger partial charge in [0.05, 0.1) is 4.47 Å². The van der Waals surface area contributed by atoms with E-state index < -0.39 is 0 Å². The summed E-state index contributed by atoms with van der Waals surface area (Å²) in [4.78, 5) is 8.08. The molecule has 0 unspecified atom stereocenters. The maximum Gasteiger partial charge on any atom is 0.321 e. The Bertz CT molecular complexity index is 504. The predicted molar refractivity (Wildman–Crippen MR) is 73.4 cm³/mol. The minimum Gasteiger partial charge on any atom is -0.423 e. The van der Waals surface area contributed by atoms with Crippen molar-refractivity contribution < 1.29 is 4.74 Å². The minimum atomic E-state index is 0.298. The second kappa shape index (κ2) is 4.96. The first kappa shape index (κ1) is 11.6. The highest BCUT2D eigenvalue weighted by atomic mass is 127. The first-order valence-electron chi connectivity index (χ1n) is 4.36. The molecule has 1 aromatic carbocycles. The Labute approximate surface area is 115 Å². The Morgan fingerprint density at radius 1 is 1.25 bits per heavy atom. The standard InChI is InChI=1S/C10H7BrIN3O/c11-9-7(13)2-1-3-8(9)16-10-14-4-6(12)5-15-10/h1-5H,13H2. The third-order valence-corrected chi connectivity index (χ3v) is 3.20. The van der Waals surface area contributed by atoms with Crippen molar-refractivity contribution in [1.82, 2.24) is 9.97 Å². The molecule has 0 atom stereocenters. The van der Waals surface area contributed by atoms with Crippen molar-refractivity contribution in [2.45, 2.75) is 0 Å². The second-order valence-corrected chi connectivity index (χ2v) is 4.98. The molecule has 0 fully saturated rings. The molecule has 1 aromatic heterocycles. The molecular formula is C10H7BrIN3O. The molecule has 16 heavy (non-hydrogen) atoms. The number of anilines is 1. The predicted octanol–water partition coefficient (Wildman–Crippen LogP) is 3.22. The van der Waals surface area contributed by atoms with Gasteiger partial charge in [-0.2, -0.15) is 0 Å². The summed E-state index contributed by atoms with van der Waals surface area (Å²) < 4.78 is 7.15. The summed E-state index contributed by atoms with van der Waals surface area (Å²) >= 11 is 5.47. The van der Waals surface area contributed by atoms with Crippen LogP contribution in [0.4, 0.5) is 5.69 Å². The van der Waals surface area contributed by atoms with Crippen LogP contribution >= 0.6 is 38.5 Å². The van der Waals surface area contributed by atoms with Crippen LogP contribution in [0, 0.1) is 3.57 Å². The molecule has 0 spiro atoms. The highest BCUT2D eigenvalue weighted by molar-refractivity contribution is 14.1. The molecule has 0 bridgehead atoms. The lowest BCUT2D eigenvalue weighted by atomic mass is 10.3. The molecule has 0 aliphatic rings. The van der Waals surface area contributed by atoms with E-state index in [2.05, 4.69) is 48.5 Å². The number of hydrogen-bond acceptors (Lipinski definition) is 4. The van der Waals surface area contributed by atoms with E-state index in [0.29, 0.717) is 21.9 Å². The van der Waals surface area contributed by atoms with E-state index in [1.807, 2.05) is 6.07 Å². The summed E-state index contributed by atoms with van der Waals surface area (Å²) in [5.74, 6) is 0.598. The highest BCUT2D eigenvalue weighted by Crippen LogP contribution is 2.32. The van der Waals surface area contributed by atoms with Crippen LogP contribution in [-0.2, 0) is 0 Å². The Balaban J connectivity index is 2.27. The van der Waals surface area contributed by atoms with Gasteiger partial charge in [-0.1, -0.05) is 6.07 Å². The smallest absolute Gasteiger partial charge is 0.321 e. The van der Waals surface area contributed by atoms with Gasteiger partial charge in [-0.05, 0) is 50.7 Å². The number of nitrogen functional groups attached to an aromatic ring is 1. The van der Waals surface area contributed by atoms with E-state index in [1.165, 1.54) is 0 Å². The van der Waals surface area contributed by atoms with Gasteiger partial charge in [-0.25, -0.2) is 9.97 Å². The monoisotopic (exact) mass is 391 g/mol. The summed E-state index contributed by atoms with van der Waals surface area (Å²) in [6.45, 7) is 0. The van der Waals surface area contributed by atoms with Crippen LogP contribution in [0.15, 0.2) is 35.1 Å². The Morgan fingerprint density at radius 3 is 2.62 bits per heavy atom. The third-order valence-electron chi connectivity index (χ3n) is 1.79. The van der Waals surface area contributed by atoms with Crippen LogP contribution in [0.25, 0.3) is 0 Å². The van der Waals surface area contributed by atoms with Crippen LogP contribution in [0.5, 0.6) is 11.8 Å². The van der Waals surface area contributed by atoms with E-state index in [-0.39, 0.29) is 0 Å². The fourth-order valence-corrected chi connectivity index (χ4v) is 1.68. The van der Waals surface area contributed by atoms with E-state index in [0.717, 1.165) is 3.57 Å². The molecule has 0 saturated carbocycles. The lowest BCUT2D eigenvalue weighted by molar-refractivity contribution is 0.439. The average Bonchev–Trinajstić information content (AvgIpc) is 2.28. The van der Waals surface area contributed by atoms with Gasteiger partial charge < -0.3 is 10.5 Å². The fourth-order valence-electron chi connectivity index (χ4n) is 1.06. The zero-order chi connectivity index (χ0) is 11.5. The van der Waals surface area contributed by atoms with Gasteiger partial charge in [0.2, 0.25) is 0 Å². The fraction of sp³-hybridized carbons (Fsp3) is 0. The van der Waals surface area contributed by atoms with Gasteiger partial charge >= 0.3 is 6.01 Å². The molecule has 0 aliphatic carbocycles. The van der Waals surface area contributed by atoms with Crippen molar-refractivity contribution in [3.05, 3.63) is 38.6 Å². The molecule has 4 nitrogen and oxygen atoms in total. The van der Waals surface area contributed by atoms with E-state index in [1.54, 1.807) is 24.5 Å². The Morgan fingerprint density at radius 2 is 1.94 bits per heavy atom. The summed E-state index contributed by atoms with van der Waals surface area (Å²) in [7, 11) is 0.